The molecule has 0 radical (unpaired) electrons. The Kier molecular flexibility index (Phi) is 4.40. The van der Waals surface area contributed by atoms with Gasteiger partial charge in [-0.15, -0.1) is 0 Å². The van der Waals surface area contributed by atoms with Crippen LogP contribution < -0.4 is 4.74 Å². The summed E-state index contributed by atoms with van der Waals surface area (Å²) in [5.41, 5.74) is 1.20. The molecule has 2 rings (SSSR count). The highest BCUT2D eigenvalue weighted by Gasteiger charge is 2.05. The van der Waals surface area contributed by atoms with E-state index in [1.165, 1.54) is 18.2 Å². The standard InChI is InChI=1S/C14H9Cl2FO2/c15-11-6-10(1-3-13(11)17)8-19-14-4-2-9(7-18)5-12(14)16/h1-7H,8H2. The van der Waals surface area contributed by atoms with Crippen molar-refractivity contribution in [3.8, 4) is 5.75 Å². The fourth-order valence-electron chi connectivity index (χ4n) is 1.50. The first-order chi connectivity index (χ1) is 9.10. The number of ether oxygens (including phenoxy) is 1. The largest absolute Gasteiger partial charge is 0.487 e. The molecule has 2 aromatic carbocycles. The maximum Gasteiger partial charge on any atom is 0.150 e. The monoisotopic (exact) mass is 298 g/mol. The van der Waals surface area contributed by atoms with E-state index in [4.69, 9.17) is 27.9 Å². The third-order valence-electron chi connectivity index (χ3n) is 2.47. The molecule has 0 aliphatic heterocycles. The predicted molar refractivity (Wildman–Crippen MR) is 72.6 cm³/mol. The zero-order valence-electron chi connectivity index (χ0n) is 9.70. The Hall–Kier alpha value is -1.58. The molecular formula is C14H9Cl2FO2. The summed E-state index contributed by atoms with van der Waals surface area (Å²) in [6, 6.07) is 9.07. The number of aldehydes is 1. The van der Waals surface area contributed by atoms with Crippen molar-refractivity contribution < 1.29 is 13.9 Å². The van der Waals surface area contributed by atoms with E-state index in [0.29, 0.717) is 22.6 Å². The highest BCUT2D eigenvalue weighted by Crippen LogP contribution is 2.26. The molecule has 98 valence electrons. The van der Waals surface area contributed by atoms with Crippen LogP contribution in [-0.4, -0.2) is 6.29 Å². The summed E-state index contributed by atoms with van der Waals surface area (Å²) in [5.74, 6) is -0.0218. The maximum absolute atomic E-state index is 13.0. The molecule has 0 unspecified atom stereocenters. The van der Waals surface area contributed by atoms with Crippen molar-refractivity contribution in [2.75, 3.05) is 0 Å². The molecule has 2 nitrogen and oxygen atoms in total. The molecule has 0 N–H and O–H groups in total. The van der Waals surface area contributed by atoms with Gasteiger partial charge in [-0.3, -0.25) is 4.79 Å². The molecule has 0 saturated carbocycles. The molecule has 0 heterocycles. The highest BCUT2D eigenvalue weighted by atomic mass is 35.5. The summed E-state index contributed by atoms with van der Waals surface area (Å²) in [5, 5.41) is 0.390. The number of rotatable bonds is 4. The first-order valence-corrected chi connectivity index (χ1v) is 6.17. The van der Waals surface area contributed by atoms with Gasteiger partial charge in [-0.1, -0.05) is 29.3 Å². The summed E-state index contributed by atoms with van der Waals surface area (Å²) < 4.78 is 18.5. The van der Waals surface area contributed by atoms with Crippen LogP contribution in [0.15, 0.2) is 36.4 Å². The zero-order chi connectivity index (χ0) is 13.8. The molecule has 19 heavy (non-hydrogen) atoms. The third kappa shape index (κ3) is 3.46. The Labute approximate surface area is 119 Å². The van der Waals surface area contributed by atoms with Crippen LogP contribution in [0, 0.1) is 5.82 Å². The summed E-state index contributed by atoms with van der Waals surface area (Å²) in [6.07, 6.45) is 0.704. The number of hydrogen-bond donors (Lipinski definition) is 0. The predicted octanol–water partition coefficient (Wildman–Crippen LogP) is 4.52. The lowest BCUT2D eigenvalue weighted by atomic mass is 10.2. The molecule has 0 fully saturated rings. The second-order valence-corrected chi connectivity index (χ2v) is 4.66. The van der Waals surface area contributed by atoms with Crippen LogP contribution in [0.5, 0.6) is 5.75 Å². The number of carbonyl (C=O) groups excluding carboxylic acids is 1. The van der Waals surface area contributed by atoms with Gasteiger partial charge in [0, 0.05) is 5.56 Å². The van der Waals surface area contributed by atoms with Gasteiger partial charge in [-0.05, 0) is 35.9 Å². The molecule has 2 aromatic rings. The van der Waals surface area contributed by atoms with Crippen LogP contribution in [0.3, 0.4) is 0 Å². The Morgan fingerprint density at radius 1 is 1.11 bits per heavy atom. The highest BCUT2D eigenvalue weighted by molar-refractivity contribution is 6.32. The van der Waals surface area contributed by atoms with Crippen LogP contribution in [0.2, 0.25) is 10.0 Å². The minimum Gasteiger partial charge on any atom is -0.487 e. The van der Waals surface area contributed by atoms with Crippen LogP contribution >= 0.6 is 23.2 Å². The van der Waals surface area contributed by atoms with Crippen molar-refractivity contribution in [2.45, 2.75) is 6.61 Å². The van der Waals surface area contributed by atoms with Gasteiger partial charge in [0.1, 0.15) is 24.5 Å². The first kappa shape index (κ1) is 13.8. The molecule has 0 saturated heterocycles. The van der Waals surface area contributed by atoms with E-state index >= 15 is 0 Å². The summed E-state index contributed by atoms with van der Waals surface area (Å²) in [6.45, 7) is 0.208. The topological polar surface area (TPSA) is 26.3 Å². The van der Waals surface area contributed by atoms with Gasteiger partial charge in [0.05, 0.1) is 10.0 Å². The van der Waals surface area contributed by atoms with Gasteiger partial charge in [-0.2, -0.15) is 0 Å². The van der Waals surface area contributed by atoms with E-state index in [1.54, 1.807) is 18.2 Å². The van der Waals surface area contributed by atoms with Crippen molar-refractivity contribution in [2.24, 2.45) is 0 Å². The van der Waals surface area contributed by atoms with Crippen LogP contribution in [0.4, 0.5) is 4.39 Å². The van der Waals surface area contributed by atoms with Gasteiger partial charge >= 0.3 is 0 Å². The minimum absolute atomic E-state index is 0.0449. The van der Waals surface area contributed by atoms with E-state index in [0.717, 1.165) is 5.56 Å². The van der Waals surface area contributed by atoms with E-state index in [-0.39, 0.29) is 11.6 Å². The van der Waals surface area contributed by atoms with Gasteiger partial charge in [0.2, 0.25) is 0 Å². The third-order valence-corrected chi connectivity index (χ3v) is 3.06. The van der Waals surface area contributed by atoms with Gasteiger partial charge in [0.15, 0.2) is 0 Å². The lowest BCUT2D eigenvalue weighted by molar-refractivity contribution is 0.112. The quantitative estimate of drug-likeness (QED) is 0.776. The summed E-state index contributed by atoms with van der Waals surface area (Å²) in [4.78, 5) is 10.6. The SMILES string of the molecule is O=Cc1ccc(OCc2ccc(F)c(Cl)c2)c(Cl)c1. The lowest BCUT2D eigenvalue weighted by Crippen LogP contribution is -1.97. The van der Waals surface area contributed by atoms with Crippen molar-refractivity contribution in [1.82, 2.24) is 0 Å². The van der Waals surface area contributed by atoms with E-state index in [1.807, 2.05) is 0 Å². The van der Waals surface area contributed by atoms with Crippen molar-refractivity contribution >= 4 is 29.5 Å². The molecule has 0 spiro atoms. The average molecular weight is 299 g/mol. The van der Waals surface area contributed by atoms with Gasteiger partial charge in [0.25, 0.3) is 0 Å². The molecule has 0 aliphatic rings. The van der Waals surface area contributed by atoms with Crippen LogP contribution in [-0.2, 0) is 6.61 Å². The Morgan fingerprint density at radius 2 is 1.89 bits per heavy atom. The van der Waals surface area contributed by atoms with Crippen molar-refractivity contribution in [3.05, 3.63) is 63.4 Å². The van der Waals surface area contributed by atoms with E-state index < -0.39 is 5.82 Å². The number of halogens is 3. The van der Waals surface area contributed by atoms with Gasteiger partial charge in [-0.25, -0.2) is 4.39 Å². The molecule has 0 bridgehead atoms. The summed E-state index contributed by atoms with van der Waals surface area (Å²) >= 11 is 11.6. The van der Waals surface area contributed by atoms with Crippen molar-refractivity contribution in [1.29, 1.82) is 0 Å². The molecular weight excluding hydrogens is 290 g/mol. The number of carbonyl (C=O) groups is 1. The Morgan fingerprint density at radius 3 is 2.53 bits per heavy atom. The van der Waals surface area contributed by atoms with E-state index in [9.17, 15) is 9.18 Å². The maximum atomic E-state index is 13.0. The molecule has 5 heteroatoms. The molecule has 0 aromatic heterocycles. The zero-order valence-corrected chi connectivity index (χ0v) is 11.2. The second-order valence-electron chi connectivity index (χ2n) is 3.84. The number of hydrogen-bond acceptors (Lipinski definition) is 2. The van der Waals surface area contributed by atoms with Crippen LogP contribution in [0.25, 0.3) is 0 Å². The molecule has 0 aliphatic carbocycles. The lowest BCUT2D eigenvalue weighted by Gasteiger charge is -2.08. The second kappa shape index (κ2) is 6.04. The smallest absolute Gasteiger partial charge is 0.150 e. The molecule has 0 amide bonds. The fourth-order valence-corrected chi connectivity index (χ4v) is 1.94. The fraction of sp³-hybridized carbons (Fsp3) is 0.0714. The number of benzene rings is 2. The summed E-state index contributed by atoms with van der Waals surface area (Å²) in [7, 11) is 0. The Balaban J connectivity index is 2.09. The Bertz CT molecular complexity index is 614. The first-order valence-electron chi connectivity index (χ1n) is 5.41. The minimum atomic E-state index is -0.473. The average Bonchev–Trinajstić information content (AvgIpc) is 2.41. The van der Waals surface area contributed by atoms with Crippen molar-refractivity contribution in [3.63, 3.8) is 0 Å². The van der Waals surface area contributed by atoms with E-state index in [2.05, 4.69) is 0 Å². The molecule has 0 atom stereocenters. The normalized spacial score (nSPS) is 10.3. The van der Waals surface area contributed by atoms with Crippen LogP contribution in [0.1, 0.15) is 15.9 Å². The van der Waals surface area contributed by atoms with Gasteiger partial charge < -0.3 is 4.74 Å².